The number of rotatable bonds is 6. The van der Waals surface area contributed by atoms with E-state index in [0.29, 0.717) is 12.3 Å². The molecule has 0 radical (unpaired) electrons. The Labute approximate surface area is 170 Å². The number of thioether (sulfide) groups is 1. The van der Waals surface area contributed by atoms with Crippen molar-refractivity contribution < 1.29 is 9.21 Å². The third kappa shape index (κ3) is 4.71. The van der Waals surface area contributed by atoms with Crippen LogP contribution in [0.25, 0.3) is 0 Å². The maximum atomic E-state index is 12.7. The first kappa shape index (κ1) is 19.4. The second-order valence-electron chi connectivity index (χ2n) is 7.58. The third-order valence-electron chi connectivity index (χ3n) is 5.51. The molecule has 0 spiro atoms. The zero-order valence-corrected chi connectivity index (χ0v) is 17.2. The summed E-state index contributed by atoms with van der Waals surface area (Å²) in [6.07, 6.45) is 10.0. The molecular formula is C20H29N5O2S. The lowest BCUT2D eigenvalue weighted by Gasteiger charge is -2.24. The minimum atomic E-state index is 0.210. The number of hydrogen-bond donors (Lipinski definition) is 0. The second kappa shape index (κ2) is 9.49. The minimum Gasteiger partial charge on any atom is -0.467 e. The number of amides is 1. The quantitative estimate of drug-likeness (QED) is 0.689. The molecule has 0 bridgehead atoms. The van der Waals surface area contributed by atoms with E-state index in [-0.39, 0.29) is 5.91 Å². The number of nitrogens with zero attached hydrogens (tertiary/aromatic N) is 5. The van der Waals surface area contributed by atoms with Crippen LogP contribution >= 0.6 is 11.8 Å². The fraction of sp³-hybridized carbons (Fsp3) is 0.650. The number of anilines is 1. The van der Waals surface area contributed by atoms with Crippen LogP contribution in [0.4, 0.5) is 5.95 Å². The Hall–Kier alpha value is -1.96. The van der Waals surface area contributed by atoms with Crippen molar-refractivity contribution >= 4 is 23.6 Å². The van der Waals surface area contributed by atoms with Gasteiger partial charge in [-0.05, 0) is 37.8 Å². The highest BCUT2D eigenvalue weighted by Gasteiger charge is 2.23. The summed E-state index contributed by atoms with van der Waals surface area (Å²) in [5, 5.41) is 9.65. The van der Waals surface area contributed by atoms with Crippen molar-refractivity contribution in [2.45, 2.75) is 56.6 Å². The Morgan fingerprint density at radius 1 is 1.00 bits per heavy atom. The molecule has 2 aromatic rings. The Morgan fingerprint density at radius 2 is 1.71 bits per heavy atom. The van der Waals surface area contributed by atoms with E-state index >= 15 is 0 Å². The highest BCUT2D eigenvalue weighted by molar-refractivity contribution is 7.99. The fourth-order valence-corrected chi connectivity index (χ4v) is 4.79. The SMILES string of the molecule is O=C(CSc1nnc(N2CCCC2)n1Cc1ccco1)N1CCCCCCC1. The van der Waals surface area contributed by atoms with Gasteiger partial charge in [-0.2, -0.15) is 0 Å². The van der Waals surface area contributed by atoms with Crippen LogP contribution in [0.1, 0.15) is 50.7 Å². The van der Waals surface area contributed by atoms with Gasteiger partial charge in [-0.1, -0.05) is 31.0 Å². The molecule has 8 heteroatoms. The molecule has 28 heavy (non-hydrogen) atoms. The molecule has 0 unspecified atom stereocenters. The summed E-state index contributed by atoms with van der Waals surface area (Å²) in [6, 6.07) is 3.86. The predicted molar refractivity (Wildman–Crippen MR) is 110 cm³/mol. The van der Waals surface area contributed by atoms with Gasteiger partial charge in [0.1, 0.15) is 5.76 Å². The third-order valence-corrected chi connectivity index (χ3v) is 6.47. The first-order chi connectivity index (χ1) is 13.8. The number of carbonyl (C=O) groups is 1. The van der Waals surface area contributed by atoms with Crippen LogP contribution in [0.15, 0.2) is 28.0 Å². The van der Waals surface area contributed by atoms with Crippen LogP contribution in [-0.4, -0.2) is 57.5 Å². The molecule has 1 amide bonds. The molecule has 2 aliphatic rings. The van der Waals surface area contributed by atoms with E-state index < -0.39 is 0 Å². The van der Waals surface area contributed by atoms with Crippen molar-refractivity contribution in [1.29, 1.82) is 0 Å². The zero-order valence-electron chi connectivity index (χ0n) is 16.4. The molecule has 0 saturated carbocycles. The van der Waals surface area contributed by atoms with Gasteiger partial charge in [-0.3, -0.25) is 9.36 Å². The Morgan fingerprint density at radius 3 is 2.43 bits per heavy atom. The van der Waals surface area contributed by atoms with Crippen molar-refractivity contribution in [3.63, 3.8) is 0 Å². The summed E-state index contributed by atoms with van der Waals surface area (Å²) in [4.78, 5) is 17.1. The largest absolute Gasteiger partial charge is 0.467 e. The van der Waals surface area contributed by atoms with Crippen LogP contribution in [0, 0.1) is 0 Å². The Balaban J connectivity index is 1.44. The topological polar surface area (TPSA) is 67.4 Å². The average molecular weight is 404 g/mol. The van der Waals surface area contributed by atoms with Crippen molar-refractivity contribution in [2.75, 3.05) is 36.8 Å². The minimum absolute atomic E-state index is 0.210. The molecule has 0 aliphatic carbocycles. The molecule has 4 heterocycles. The maximum Gasteiger partial charge on any atom is 0.233 e. The normalized spacial score (nSPS) is 18.3. The predicted octanol–water partition coefficient (Wildman–Crippen LogP) is 3.40. The van der Waals surface area contributed by atoms with Crippen molar-refractivity contribution in [2.24, 2.45) is 0 Å². The number of likely N-dealkylation sites (tertiary alicyclic amines) is 1. The van der Waals surface area contributed by atoms with Gasteiger partial charge in [-0.25, -0.2) is 0 Å². The average Bonchev–Trinajstić information content (AvgIpc) is 3.42. The fourth-order valence-electron chi connectivity index (χ4n) is 3.95. The smallest absolute Gasteiger partial charge is 0.233 e. The van der Waals surface area contributed by atoms with E-state index in [2.05, 4.69) is 19.7 Å². The summed E-state index contributed by atoms with van der Waals surface area (Å²) in [5.74, 6) is 2.38. The van der Waals surface area contributed by atoms with Gasteiger partial charge in [0, 0.05) is 26.2 Å². The summed E-state index contributed by atoms with van der Waals surface area (Å²) in [7, 11) is 0. The second-order valence-corrected chi connectivity index (χ2v) is 8.52. The lowest BCUT2D eigenvalue weighted by molar-refractivity contribution is -0.128. The molecule has 0 atom stereocenters. The molecular weight excluding hydrogens is 374 g/mol. The lowest BCUT2D eigenvalue weighted by Crippen LogP contribution is -2.35. The van der Waals surface area contributed by atoms with Crippen molar-refractivity contribution in [1.82, 2.24) is 19.7 Å². The maximum absolute atomic E-state index is 12.7. The lowest BCUT2D eigenvalue weighted by atomic mass is 10.1. The van der Waals surface area contributed by atoms with E-state index in [1.165, 1.54) is 43.9 Å². The molecule has 2 saturated heterocycles. The van der Waals surface area contributed by atoms with E-state index in [1.807, 2.05) is 17.0 Å². The Kier molecular flexibility index (Phi) is 6.57. The number of carbonyl (C=O) groups excluding carboxylic acids is 1. The number of furan rings is 1. The molecule has 0 aromatic carbocycles. The van der Waals surface area contributed by atoms with Gasteiger partial charge in [0.15, 0.2) is 5.16 Å². The van der Waals surface area contributed by atoms with E-state index in [1.54, 1.807) is 6.26 Å². The van der Waals surface area contributed by atoms with Crippen LogP contribution in [-0.2, 0) is 11.3 Å². The zero-order chi connectivity index (χ0) is 19.2. The van der Waals surface area contributed by atoms with Crippen LogP contribution < -0.4 is 4.90 Å². The van der Waals surface area contributed by atoms with Crippen LogP contribution in [0.3, 0.4) is 0 Å². The van der Waals surface area contributed by atoms with Crippen LogP contribution in [0.5, 0.6) is 0 Å². The molecule has 2 aromatic heterocycles. The number of aromatic nitrogens is 3. The van der Waals surface area contributed by atoms with E-state index in [4.69, 9.17) is 4.42 Å². The molecule has 2 aliphatic heterocycles. The van der Waals surface area contributed by atoms with Gasteiger partial charge < -0.3 is 14.2 Å². The van der Waals surface area contributed by atoms with Gasteiger partial charge in [0.25, 0.3) is 0 Å². The standard InChI is InChI=1S/C20H29N5O2S/c26-18(23-10-4-2-1-3-5-11-23)16-28-20-22-21-19(24-12-6-7-13-24)25(20)15-17-9-8-14-27-17/h8-9,14H,1-7,10-13,15-16H2. The summed E-state index contributed by atoms with van der Waals surface area (Å²) in [6.45, 7) is 4.38. The molecule has 152 valence electrons. The highest BCUT2D eigenvalue weighted by atomic mass is 32.2. The molecule has 2 fully saturated rings. The summed E-state index contributed by atoms with van der Waals surface area (Å²) >= 11 is 1.49. The van der Waals surface area contributed by atoms with E-state index in [9.17, 15) is 4.79 Å². The monoisotopic (exact) mass is 403 g/mol. The molecule has 7 nitrogen and oxygen atoms in total. The van der Waals surface area contributed by atoms with E-state index in [0.717, 1.165) is 55.9 Å². The number of hydrogen-bond acceptors (Lipinski definition) is 6. The molecule has 0 N–H and O–H groups in total. The highest BCUT2D eigenvalue weighted by Crippen LogP contribution is 2.26. The molecule has 4 rings (SSSR count). The first-order valence-corrected chi connectivity index (χ1v) is 11.4. The van der Waals surface area contributed by atoms with Gasteiger partial charge in [0.05, 0.1) is 18.6 Å². The van der Waals surface area contributed by atoms with Gasteiger partial charge in [-0.15, -0.1) is 10.2 Å². The summed E-state index contributed by atoms with van der Waals surface area (Å²) in [5.41, 5.74) is 0. The van der Waals surface area contributed by atoms with Gasteiger partial charge >= 0.3 is 0 Å². The van der Waals surface area contributed by atoms with Crippen molar-refractivity contribution in [3.05, 3.63) is 24.2 Å². The summed E-state index contributed by atoms with van der Waals surface area (Å²) < 4.78 is 7.64. The van der Waals surface area contributed by atoms with Crippen molar-refractivity contribution in [3.8, 4) is 0 Å². The Bertz CT molecular complexity index is 747. The van der Waals surface area contributed by atoms with Crippen LogP contribution in [0.2, 0.25) is 0 Å². The van der Waals surface area contributed by atoms with Gasteiger partial charge in [0.2, 0.25) is 11.9 Å². The first-order valence-electron chi connectivity index (χ1n) is 10.4.